The molecule has 4 rings (SSSR count). The van der Waals surface area contributed by atoms with E-state index in [0.717, 1.165) is 44.0 Å². The highest BCUT2D eigenvalue weighted by Gasteiger charge is 2.38. The zero-order valence-corrected chi connectivity index (χ0v) is 14.8. The molecule has 1 amide bonds. The Hall–Kier alpha value is -2.97. The molecular formula is C19H18F3N5O. The Morgan fingerprint density at radius 2 is 1.96 bits per heavy atom. The van der Waals surface area contributed by atoms with Crippen molar-refractivity contribution in [3.8, 4) is 0 Å². The van der Waals surface area contributed by atoms with Crippen LogP contribution in [-0.2, 0) is 11.0 Å². The van der Waals surface area contributed by atoms with Gasteiger partial charge in [-0.15, -0.1) is 0 Å². The molecule has 2 heterocycles. The van der Waals surface area contributed by atoms with Crippen molar-refractivity contribution in [3.05, 3.63) is 46.9 Å². The van der Waals surface area contributed by atoms with E-state index >= 15 is 0 Å². The molecule has 1 aromatic carbocycles. The van der Waals surface area contributed by atoms with Gasteiger partial charge in [-0.05, 0) is 36.6 Å². The molecule has 1 fully saturated rings. The fourth-order valence-electron chi connectivity index (χ4n) is 3.87. The minimum atomic E-state index is -4.52. The predicted molar refractivity (Wildman–Crippen MR) is 97.7 cm³/mol. The second kappa shape index (κ2) is 6.88. The predicted octanol–water partition coefficient (Wildman–Crippen LogP) is 3.93. The molecule has 9 heteroatoms. The first-order chi connectivity index (χ1) is 13.4. The molecule has 6 nitrogen and oxygen atoms in total. The van der Waals surface area contributed by atoms with Crippen molar-refractivity contribution in [2.75, 3.05) is 10.6 Å². The number of hydrogen-bond donors (Lipinski definition) is 3. The molecule has 2 aliphatic rings. The first-order valence-electron chi connectivity index (χ1n) is 9.02. The molecule has 3 N–H and O–H groups in total. The van der Waals surface area contributed by atoms with Gasteiger partial charge in [0.2, 0.25) is 5.91 Å². The van der Waals surface area contributed by atoms with Crippen LogP contribution in [0.25, 0.3) is 0 Å². The maximum absolute atomic E-state index is 13.1. The van der Waals surface area contributed by atoms with Crippen LogP contribution in [0, 0.1) is 5.41 Å². The van der Waals surface area contributed by atoms with Crippen molar-refractivity contribution in [3.63, 3.8) is 0 Å². The number of alkyl halides is 3. The summed E-state index contributed by atoms with van der Waals surface area (Å²) in [6, 6.07) is 3.38. The normalized spacial score (nSPS) is 19.4. The van der Waals surface area contributed by atoms with E-state index < -0.39 is 23.6 Å². The third-order valence-corrected chi connectivity index (χ3v) is 5.24. The highest BCUT2D eigenvalue weighted by atomic mass is 19.4. The van der Waals surface area contributed by atoms with Crippen molar-refractivity contribution in [1.82, 2.24) is 9.97 Å². The minimum absolute atomic E-state index is 0.202. The van der Waals surface area contributed by atoms with Gasteiger partial charge in [0.05, 0.1) is 16.8 Å². The number of anilines is 2. The fourth-order valence-corrected chi connectivity index (χ4v) is 3.87. The van der Waals surface area contributed by atoms with E-state index in [0.29, 0.717) is 17.1 Å². The largest absolute Gasteiger partial charge is 0.416 e. The summed E-state index contributed by atoms with van der Waals surface area (Å²) in [4.78, 5) is 20.9. The summed E-state index contributed by atoms with van der Waals surface area (Å²) in [6.45, 7) is 0. The molecule has 2 aromatic rings. The van der Waals surface area contributed by atoms with E-state index in [1.807, 2.05) is 0 Å². The van der Waals surface area contributed by atoms with Crippen molar-refractivity contribution >= 4 is 23.6 Å². The Morgan fingerprint density at radius 1 is 1.21 bits per heavy atom. The lowest BCUT2D eigenvalue weighted by Crippen LogP contribution is -2.21. The highest BCUT2D eigenvalue weighted by molar-refractivity contribution is 6.06. The molecule has 28 heavy (non-hydrogen) atoms. The number of hydrogen-bond acceptors (Lipinski definition) is 5. The van der Waals surface area contributed by atoms with E-state index in [4.69, 9.17) is 5.41 Å². The van der Waals surface area contributed by atoms with Crippen LogP contribution in [0.1, 0.15) is 54.0 Å². The van der Waals surface area contributed by atoms with Crippen LogP contribution in [-0.4, -0.2) is 28.1 Å². The van der Waals surface area contributed by atoms with E-state index in [1.54, 1.807) is 0 Å². The highest BCUT2D eigenvalue weighted by Crippen LogP contribution is 2.41. The van der Waals surface area contributed by atoms with Crippen molar-refractivity contribution in [2.45, 2.75) is 43.8 Å². The van der Waals surface area contributed by atoms with Gasteiger partial charge in [0.25, 0.3) is 0 Å². The molecule has 0 spiro atoms. The second-order valence-electron chi connectivity index (χ2n) is 7.01. The lowest BCUT2D eigenvalue weighted by atomic mass is 9.92. The minimum Gasteiger partial charge on any atom is -0.367 e. The Bertz CT molecular complexity index is 938. The van der Waals surface area contributed by atoms with Crippen LogP contribution in [0.4, 0.5) is 24.7 Å². The van der Waals surface area contributed by atoms with Crippen LogP contribution in [0.3, 0.4) is 0 Å². The number of carbonyl (C=O) groups excluding carboxylic acids is 1. The maximum atomic E-state index is 13.1. The smallest absolute Gasteiger partial charge is 0.367 e. The number of nitrogens with zero attached hydrogens (tertiary/aromatic N) is 2. The fraction of sp³-hybridized carbons (Fsp3) is 0.368. The van der Waals surface area contributed by atoms with Gasteiger partial charge >= 0.3 is 6.18 Å². The number of rotatable bonds is 4. The van der Waals surface area contributed by atoms with E-state index in [1.165, 1.54) is 12.4 Å². The SMILES string of the molecule is N=Cc1c(NC2CCCC2)ncnc1C1C(=O)Nc2ccc(C(F)(F)F)cc21. The molecule has 0 saturated heterocycles. The molecule has 1 aromatic heterocycles. The van der Waals surface area contributed by atoms with Crippen molar-refractivity contribution < 1.29 is 18.0 Å². The van der Waals surface area contributed by atoms with Crippen molar-refractivity contribution in [1.29, 1.82) is 5.41 Å². The zero-order chi connectivity index (χ0) is 19.9. The average Bonchev–Trinajstić information content (AvgIpc) is 3.26. The van der Waals surface area contributed by atoms with Crippen LogP contribution in [0.5, 0.6) is 0 Å². The van der Waals surface area contributed by atoms with Crippen molar-refractivity contribution in [2.24, 2.45) is 0 Å². The lowest BCUT2D eigenvalue weighted by Gasteiger charge is -2.18. The molecule has 1 aliphatic heterocycles. The van der Waals surface area contributed by atoms with Gasteiger partial charge in [-0.1, -0.05) is 12.8 Å². The quantitative estimate of drug-likeness (QED) is 0.691. The van der Waals surface area contributed by atoms with E-state index in [2.05, 4.69) is 20.6 Å². The molecule has 1 atom stereocenters. The summed E-state index contributed by atoms with van der Waals surface area (Å²) in [5.74, 6) is -1.07. The summed E-state index contributed by atoms with van der Waals surface area (Å²) in [7, 11) is 0. The third kappa shape index (κ3) is 3.21. The number of benzene rings is 1. The van der Waals surface area contributed by atoms with E-state index in [9.17, 15) is 18.0 Å². The molecule has 146 valence electrons. The summed E-state index contributed by atoms with van der Waals surface area (Å²) >= 11 is 0. The summed E-state index contributed by atoms with van der Waals surface area (Å²) in [5, 5.41) is 13.7. The van der Waals surface area contributed by atoms with Gasteiger partial charge in [-0.2, -0.15) is 13.2 Å². The number of carbonyl (C=O) groups is 1. The van der Waals surface area contributed by atoms with Gasteiger partial charge in [-0.25, -0.2) is 9.97 Å². The Kier molecular flexibility index (Phi) is 4.52. The molecule has 0 bridgehead atoms. The average molecular weight is 389 g/mol. The number of nitrogens with one attached hydrogen (secondary N) is 3. The molecular weight excluding hydrogens is 371 g/mol. The monoisotopic (exact) mass is 389 g/mol. The third-order valence-electron chi connectivity index (χ3n) is 5.24. The lowest BCUT2D eigenvalue weighted by molar-refractivity contribution is -0.137. The standard InChI is InChI=1S/C19H18F3N5O/c20-19(21,22)10-5-6-14-12(7-10)15(18(28)27-14)16-13(8-23)17(25-9-24-16)26-11-3-1-2-4-11/h5-9,11,15,23H,1-4H2,(H,27,28)(H,24,25,26). The summed E-state index contributed by atoms with van der Waals surface area (Å²) < 4.78 is 39.4. The van der Waals surface area contributed by atoms with Gasteiger partial charge in [0, 0.05) is 17.9 Å². The number of amides is 1. The number of halogens is 3. The zero-order valence-electron chi connectivity index (χ0n) is 14.8. The van der Waals surface area contributed by atoms with Crippen LogP contribution in [0.15, 0.2) is 24.5 Å². The van der Waals surface area contributed by atoms with Gasteiger partial charge in [-0.3, -0.25) is 4.79 Å². The summed E-state index contributed by atoms with van der Waals surface area (Å²) in [6.07, 6.45) is 1.99. The Labute approximate surface area is 159 Å². The van der Waals surface area contributed by atoms with Crippen LogP contribution in [0.2, 0.25) is 0 Å². The first-order valence-corrected chi connectivity index (χ1v) is 9.02. The molecule has 1 unspecified atom stereocenters. The molecule has 1 aliphatic carbocycles. The van der Waals surface area contributed by atoms with Gasteiger partial charge in [0.1, 0.15) is 18.1 Å². The Balaban J connectivity index is 1.77. The van der Waals surface area contributed by atoms with Crippen LogP contribution < -0.4 is 10.6 Å². The number of aromatic nitrogens is 2. The molecule has 0 radical (unpaired) electrons. The first kappa shape index (κ1) is 18.4. The Morgan fingerprint density at radius 3 is 2.64 bits per heavy atom. The summed E-state index contributed by atoms with van der Waals surface area (Å²) in [5.41, 5.74) is 0.236. The van der Waals surface area contributed by atoms with Gasteiger partial charge < -0.3 is 16.0 Å². The maximum Gasteiger partial charge on any atom is 0.416 e. The topological polar surface area (TPSA) is 90.8 Å². The van der Waals surface area contributed by atoms with E-state index in [-0.39, 0.29) is 17.3 Å². The van der Waals surface area contributed by atoms with Crippen LogP contribution >= 0.6 is 0 Å². The second-order valence-corrected chi connectivity index (χ2v) is 7.01. The van der Waals surface area contributed by atoms with Gasteiger partial charge in [0.15, 0.2) is 0 Å². The molecule has 1 saturated carbocycles. The number of fused-ring (bicyclic) bond motifs is 1.